The van der Waals surface area contributed by atoms with Crippen LogP contribution in [0.4, 0.5) is 14.6 Å². The van der Waals surface area contributed by atoms with Crippen LogP contribution < -0.4 is 15.0 Å². The number of piperazine rings is 1. The van der Waals surface area contributed by atoms with Gasteiger partial charge in [0.2, 0.25) is 0 Å². The molecule has 212 valence electrons. The molecule has 7 rings (SSSR count). The molecule has 3 fully saturated rings. The average molecular weight is 566 g/mol. The normalized spacial score (nSPS) is 20.2. The van der Waals surface area contributed by atoms with E-state index in [1.165, 1.54) is 24.3 Å². The maximum atomic E-state index is 16.8. The van der Waals surface area contributed by atoms with Crippen molar-refractivity contribution < 1.29 is 18.6 Å². The van der Waals surface area contributed by atoms with Crippen molar-refractivity contribution in [3.05, 3.63) is 47.2 Å². The molecule has 2 aromatic carbocycles. The topological polar surface area (TPSA) is 83.4 Å². The highest BCUT2D eigenvalue weighted by Gasteiger charge is 2.35. The van der Waals surface area contributed by atoms with Gasteiger partial charge in [-0.15, -0.1) is 12.8 Å². The largest absolute Gasteiger partial charge is 0.508 e. The summed E-state index contributed by atoms with van der Waals surface area (Å²) in [7, 11) is 0. The summed E-state index contributed by atoms with van der Waals surface area (Å²) in [6.07, 6.45) is 18.2. The lowest BCUT2D eigenvalue weighted by Gasteiger charge is -2.34. The second-order valence-corrected chi connectivity index (χ2v) is 11.5. The van der Waals surface area contributed by atoms with Gasteiger partial charge < -0.3 is 20.1 Å². The Bertz CT molecular complexity index is 1810. The number of aromatic hydroxyl groups is 1. The van der Waals surface area contributed by atoms with Crippen LogP contribution in [0.3, 0.4) is 0 Å². The van der Waals surface area contributed by atoms with Gasteiger partial charge in [0.1, 0.15) is 34.3 Å². The number of pyridine rings is 1. The van der Waals surface area contributed by atoms with Crippen molar-refractivity contribution in [2.24, 2.45) is 5.92 Å². The van der Waals surface area contributed by atoms with E-state index >= 15 is 4.39 Å². The van der Waals surface area contributed by atoms with Crippen molar-refractivity contribution in [2.45, 2.75) is 50.6 Å². The second-order valence-electron chi connectivity index (χ2n) is 11.5. The van der Waals surface area contributed by atoms with Crippen LogP contribution >= 0.6 is 0 Å². The van der Waals surface area contributed by atoms with Crippen molar-refractivity contribution >= 4 is 27.5 Å². The van der Waals surface area contributed by atoms with Crippen molar-refractivity contribution in [3.63, 3.8) is 0 Å². The van der Waals surface area contributed by atoms with Crippen LogP contribution in [0.15, 0.2) is 24.3 Å². The molecule has 0 spiro atoms. The van der Waals surface area contributed by atoms with Gasteiger partial charge in [-0.2, -0.15) is 9.97 Å². The molecular formula is C33H29F2N5O2. The molecule has 1 saturated carbocycles. The standard InChI is InChI=1S/C33H29F2N5O2/c1-3-23-25(34)12-9-19-13-22(41)14-24(27(19)23)30-29(35)31-28(26(4-2)37-30)32(40-15-20-10-11-21(16-40)36-20)39-33(38-31)42-17-18-7-5-6-8-18/h1-2,9,12-14,18,20-21,36,41H,5-8,10-11,15-17H2. The average Bonchev–Trinajstić information content (AvgIpc) is 3.64. The van der Waals surface area contributed by atoms with E-state index in [2.05, 4.69) is 32.0 Å². The predicted molar refractivity (Wildman–Crippen MR) is 157 cm³/mol. The Hall–Kier alpha value is -4.47. The summed E-state index contributed by atoms with van der Waals surface area (Å²) in [4.78, 5) is 16.0. The molecule has 2 aliphatic heterocycles. The first-order valence-corrected chi connectivity index (χ1v) is 14.4. The first-order valence-electron chi connectivity index (χ1n) is 14.4. The molecule has 7 nitrogen and oxygen atoms in total. The van der Waals surface area contributed by atoms with E-state index in [0.717, 1.165) is 38.5 Å². The quantitative estimate of drug-likeness (QED) is 0.318. The van der Waals surface area contributed by atoms with E-state index in [1.807, 2.05) is 0 Å². The first kappa shape index (κ1) is 26.4. The number of hydrogen-bond acceptors (Lipinski definition) is 7. The third-order valence-corrected chi connectivity index (χ3v) is 8.77. The fourth-order valence-corrected chi connectivity index (χ4v) is 6.80. The number of aromatic nitrogens is 3. The monoisotopic (exact) mass is 565 g/mol. The number of phenolic OH excluding ortho intramolecular Hbond substituents is 1. The Kier molecular flexibility index (Phi) is 6.56. The summed E-state index contributed by atoms with van der Waals surface area (Å²) >= 11 is 0. The molecule has 4 heterocycles. The number of rotatable bonds is 5. The number of hydrogen-bond donors (Lipinski definition) is 2. The van der Waals surface area contributed by atoms with Gasteiger partial charge in [-0.05, 0) is 61.1 Å². The first-order chi connectivity index (χ1) is 20.4. The zero-order valence-corrected chi connectivity index (χ0v) is 23.0. The van der Waals surface area contributed by atoms with Gasteiger partial charge in [-0.1, -0.05) is 24.8 Å². The number of terminal acetylenes is 2. The fraction of sp³-hybridized carbons (Fsp3) is 0.364. The van der Waals surface area contributed by atoms with Crippen LogP contribution in [0.5, 0.6) is 11.8 Å². The number of halogens is 2. The number of fused-ring (bicyclic) bond motifs is 4. The van der Waals surface area contributed by atoms with Gasteiger partial charge in [-0.25, -0.2) is 13.8 Å². The Labute approximate surface area is 242 Å². The van der Waals surface area contributed by atoms with E-state index in [0.29, 0.717) is 54.3 Å². The van der Waals surface area contributed by atoms with Crippen molar-refractivity contribution in [3.8, 4) is 47.7 Å². The highest BCUT2D eigenvalue weighted by Crippen LogP contribution is 2.40. The lowest BCUT2D eigenvalue weighted by molar-refractivity contribution is 0.235. The van der Waals surface area contributed by atoms with Gasteiger partial charge in [0.25, 0.3) is 0 Å². The molecule has 2 saturated heterocycles. The molecule has 3 aliphatic rings. The third kappa shape index (κ3) is 4.45. The Morgan fingerprint density at radius 2 is 1.74 bits per heavy atom. The van der Waals surface area contributed by atoms with Crippen LogP contribution in [-0.4, -0.2) is 51.8 Å². The summed E-state index contributed by atoms with van der Waals surface area (Å²) in [6.45, 7) is 1.81. The second kappa shape index (κ2) is 10.4. The van der Waals surface area contributed by atoms with Crippen LogP contribution in [0, 0.1) is 42.2 Å². The minimum absolute atomic E-state index is 0.0413. The highest BCUT2D eigenvalue weighted by molar-refractivity contribution is 6.04. The van der Waals surface area contributed by atoms with E-state index in [4.69, 9.17) is 22.6 Å². The van der Waals surface area contributed by atoms with E-state index in [1.54, 1.807) is 0 Å². The zero-order chi connectivity index (χ0) is 29.0. The molecule has 2 bridgehead atoms. The summed E-state index contributed by atoms with van der Waals surface area (Å²) in [5.74, 6) is 4.28. The minimum Gasteiger partial charge on any atom is -0.508 e. The maximum Gasteiger partial charge on any atom is 0.319 e. The molecule has 2 unspecified atom stereocenters. The minimum atomic E-state index is -0.782. The summed E-state index contributed by atoms with van der Waals surface area (Å²) in [5, 5.41) is 15.1. The number of nitrogens with one attached hydrogen (secondary N) is 1. The number of phenols is 1. The van der Waals surface area contributed by atoms with E-state index in [9.17, 15) is 9.50 Å². The van der Waals surface area contributed by atoms with Gasteiger partial charge >= 0.3 is 6.01 Å². The van der Waals surface area contributed by atoms with E-state index < -0.39 is 11.6 Å². The Morgan fingerprint density at radius 1 is 0.976 bits per heavy atom. The van der Waals surface area contributed by atoms with Gasteiger partial charge in [0.15, 0.2) is 5.82 Å². The van der Waals surface area contributed by atoms with Crippen LogP contribution in [0.1, 0.15) is 49.8 Å². The number of ether oxygens (including phenoxy) is 1. The molecule has 1 aliphatic carbocycles. The van der Waals surface area contributed by atoms with Crippen molar-refractivity contribution in [2.75, 3.05) is 24.6 Å². The van der Waals surface area contributed by atoms with Gasteiger partial charge in [-0.3, -0.25) is 0 Å². The van der Waals surface area contributed by atoms with Crippen molar-refractivity contribution in [1.29, 1.82) is 0 Å². The van der Waals surface area contributed by atoms with Gasteiger partial charge in [0, 0.05) is 36.1 Å². The fourth-order valence-electron chi connectivity index (χ4n) is 6.80. The maximum absolute atomic E-state index is 16.8. The lowest BCUT2D eigenvalue weighted by atomic mass is 9.95. The third-order valence-electron chi connectivity index (χ3n) is 8.77. The summed E-state index contributed by atoms with van der Waals surface area (Å²) in [5.41, 5.74) is -0.0427. The molecule has 2 N–H and O–H groups in total. The SMILES string of the molecule is C#Cc1c(F)ccc2cc(O)cc(-c3nc(C#C)c4c(N5CC6CCC(C5)N6)nc(OCC5CCCC5)nc4c3F)c12. The molecule has 9 heteroatoms. The number of anilines is 1. The predicted octanol–water partition coefficient (Wildman–Crippen LogP) is 5.30. The highest BCUT2D eigenvalue weighted by atomic mass is 19.1. The molecule has 0 radical (unpaired) electrons. The molecule has 4 aromatic rings. The molecule has 2 aromatic heterocycles. The van der Waals surface area contributed by atoms with Crippen LogP contribution in [0.25, 0.3) is 32.9 Å². The Balaban J connectivity index is 1.46. The summed E-state index contributed by atoms with van der Waals surface area (Å²) in [6, 6.07) is 6.10. The van der Waals surface area contributed by atoms with Crippen LogP contribution in [-0.2, 0) is 0 Å². The van der Waals surface area contributed by atoms with E-state index in [-0.39, 0.29) is 45.2 Å². The smallest absolute Gasteiger partial charge is 0.319 e. The Morgan fingerprint density at radius 3 is 2.45 bits per heavy atom. The molecular weight excluding hydrogens is 536 g/mol. The number of benzene rings is 2. The van der Waals surface area contributed by atoms with Gasteiger partial charge in [0.05, 0.1) is 17.6 Å². The van der Waals surface area contributed by atoms with Crippen LogP contribution in [0.2, 0.25) is 0 Å². The summed E-state index contributed by atoms with van der Waals surface area (Å²) < 4.78 is 37.7. The molecule has 42 heavy (non-hydrogen) atoms. The molecule has 0 amide bonds. The zero-order valence-electron chi connectivity index (χ0n) is 23.0. The van der Waals surface area contributed by atoms with Crippen molar-refractivity contribution in [1.82, 2.24) is 20.3 Å². The number of nitrogens with zero attached hydrogens (tertiary/aromatic N) is 4. The molecule has 2 atom stereocenters. The lowest BCUT2D eigenvalue weighted by Crippen LogP contribution is -2.51.